The predicted octanol–water partition coefficient (Wildman–Crippen LogP) is 5.35. The van der Waals surface area contributed by atoms with Gasteiger partial charge < -0.3 is 28.2 Å². The lowest BCUT2D eigenvalue weighted by molar-refractivity contribution is -0.153. The zero-order chi connectivity index (χ0) is 37.2. The molecule has 0 saturated carbocycles. The maximum Gasteiger partial charge on any atom is 0.422 e. The van der Waals surface area contributed by atoms with Gasteiger partial charge in [0.1, 0.15) is 28.5 Å². The van der Waals surface area contributed by atoms with Crippen LogP contribution in [0.3, 0.4) is 0 Å². The summed E-state index contributed by atoms with van der Waals surface area (Å²) in [6, 6.07) is 17.2. The monoisotopic (exact) mass is 741 g/mol. The molecule has 52 heavy (non-hydrogen) atoms. The number of aromatic nitrogens is 2. The third kappa shape index (κ3) is 7.84. The zero-order valence-corrected chi connectivity index (χ0v) is 29.1. The molecular weight excluding hydrogens is 707 g/mol. The van der Waals surface area contributed by atoms with E-state index in [1.54, 1.807) is 52.9 Å². The summed E-state index contributed by atoms with van der Waals surface area (Å²) in [4.78, 5) is 39.7. The topological polar surface area (TPSA) is 137 Å². The fourth-order valence-electron chi connectivity index (χ4n) is 5.73. The standard InChI is InChI=1S/C35H34F3N5O8S/c1-23-29(34(45)48-3)19-32(50-23)52(46,47)43(26-5-4-12-39-20-26)51-28-11-8-25-17-31(40(2)30(25)18-28)33(44)42-15-13-41(14-16-42)21-24-6-9-27(10-7-24)49-22-35(36,37)38/h4-12,17-20H,13-16,21-22H2,1-3H3. The summed E-state index contributed by atoms with van der Waals surface area (Å²) in [7, 11) is -1.63. The molecular formula is C35H34F3N5O8S. The molecule has 5 aromatic rings. The Labute approximate surface area is 296 Å². The molecule has 13 nitrogen and oxygen atoms in total. The van der Waals surface area contributed by atoms with Crippen molar-refractivity contribution in [2.75, 3.05) is 44.4 Å². The van der Waals surface area contributed by atoms with Gasteiger partial charge in [-0.25, -0.2) is 4.79 Å². The van der Waals surface area contributed by atoms with Gasteiger partial charge in [-0.1, -0.05) is 16.6 Å². The first-order valence-corrected chi connectivity index (χ1v) is 17.4. The number of fused-ring (bicyclic) bond motifs is 1. The molecule has 0 N–H and O–H groups in total. The number of methoxy groups -OCH3 is 1. The maximum atomic E-state index is 13.8. The molecule has 0 bridgehead atoms. The number of sulfonamides is 1. The summed E-state index contributed by atoms with van der Waals surface area (Å²) in [5, 5.41) is 0.175. The number of benzene rings is 2. The van der Waals surface area contributed by atoms with Gasteiger partial charge in [0.15, 0.2) is 12.4 Å². The molecule has 3 aromatic heterocycles. The Bertz CT molecular complexity index is 2180. The van der Waals surface area contributed by atoms with E-state index in [9.17, 15) is 31.2 Å². The first-order valence-electron chi connectivity index (χ1n) is 15.9. The third-order valence-electron chi connectivity index (χ3n) is 8.45. The lowest BCUT2D eigenvalue weighted by atomic mass is 10.2. The van der Waals surface area contributed by atoms with Crippen molar-refractivity contribution in [1.82, 2.24) is 19.4 Å². The number of piperazine rings is 1. The summed E-state index contributed by atoms with van der Waals surface area (Å²) in [5.41, 5.74) is 1.94. The van der Waals surface area contributed by atoms with E-state index in [-0.39, 0.29) is 34.4 Å². The van der Waals surface area contributed by atoms with E-state index in [1.807, 2.05) is 0 Å². The van der Waals surface area contributed by atoms with Crippen molar-refractivity contribution in [3.8, 4) is 11.5 Å². The van der Waals surface area contributed by atoms with Crippen LogP contribution in [-0.2, 0) is 28.4 Å². The number of alkyl halides is 3. The van der Waals surface area contributed by atoms with Crippen LogP contribution < -0.4 is 14.0 Å². The molecule has 0 radical (unpaired) electrons. The van der Waals surface area contributed by atoms with E-state index < -0.39 is 33.9 Å². The van der Waals surface area contributed by atoms with Gasteiger partial charge in [-0.05, 0) is 55.0 Å². The van der Waals surface area contributed by atoms with E-state index >= 15 is 0 Å². The van der Waals surface area contributed by atoms with Gasteiger partial charge in [0, 0.05) is 63.5 Å². The average Bonchev–Trinajstić information content (AvgIpc) is 3.69. The van der Waals surface area contributed by atoms with Crippen LogP contribution in [0.25, 0.3) is 10.9 Å². The molecule has 6 rings (SSSR count). The highest BCUT2D eigenvalue weighted by Crippen LogP contribution is 2.31. The molecule has 4 heterocycles. The lowest BCUT2D eigenvalue weighted by Gasteiger charge is -2.34. The number of rotatable bonds is 11. The van der Waals surface area contributed by atoms with Gasteiger partial charge in [0.2, 0.25) is 5.09 Å². The molecule has 17 heteroatoms. The Morgan fingerprint density at radius 2 is 1.69 bits per heavy atom. The fourth-order valence-corrected chi connectivity index (χ4v) is 6.96. The van der Waals surface area contributed by atoms with E-state index in [2.05, 4.69) is 9.88 Å². The van der Waals surface area contributed by atoms with Gasteiger partial charge in [-0.3, -0.25) is 14.7 Å². The number of halogens is 3. The van der Waals surface area contributed by atoms with Gasteiger partial charge in [0.25, 0.3) is 5.91 Å². The van der Waals surface area contributed by atoms with Crippen molar-refractivity contribution in [3.63, 3.8) is 0 Å². The second kappa shape index (κ2) is 14.6. The number of nitrogens with zero attached hydrogens (tertiary/aromatic N) is 5. The van der Waals surface area contributed by atoms with Crippen molar-refractivity contribution < 1.29 is 49.9 Å². The summed E-state index contributed by atoms with van der Waals surface area (Å²) >= 11 is 0. The summed E-state index contributed by atoms with van der Waals surface area (Å²) in [5.74, 6) is -0.624. The second-order valence-electron chi connectivity index (χ2n) is 12.0. The molecule has 1 aliphatic rings. The van der Waals surface area contributed by atoms with Gasteiger partial charge in [-0.15, -0.1) is 0 Å². The van der Waals surface area contributed by atoms with Crippen molar-refractivity contribution >= 4 is 38.5 Å². The molecule has 0 unspecified atom stereocenters. The van der Waals surface area contributed by atoms with Crippen LogP contribution in [0.5, 0.6) is 11.5 Å². The number of amides is 1. The van der Waals surface area contributed by atoms with Crippen LogP contribution in [0.15, 0.2) is 88.6 Å². The molecule has 0 spiro atoms. The first kappa shape index (κ1) is 36.2. The molecule has 0 aliphatic carbocycles. The molecule has 1 fully saturated rings. The minimum absolute atomic E-state index is 0.0478. The quantitative estimate of drug-likeness (QED) is 0.129. The number of pyridine rings is 1. The molecule has 1 aliphatic heterocycles. The van der Waals surface area contributed by atoms with Crippen LogP contribution in [0.4, 0.5) is 18.9 Å². The number of ether oxygens (including phenoxy) is 2. The summed E-state index contributed by atoms with van der Waals surface area (Å²) in [6.07, 6.45) is -1.65. The number of anilines is 1. The number of carbonyl (C=O) groups is 2. The SMILES string of the molecule is COC(=O)c1cc(S(=O)(=O)N(Oc2ccc3cc(C(=O)N4CCN(Cc5ccc(OCC(F)(F)F)cc5)CC4)n(C)c3c2)c2cccnc2)oc1C. The normalized spacial score (nSPS) is 14.0. The van der Waals surface area contributed by atoms with Crippen LogP contribution >= 0.6 is 0 Å². The Morgan fingerprint density at radius 3 is 2.35 bits per heavy atom. The van der Waals surface area contributed by atoms with Crippen LogP contribution in [-0.4, -0.2) is 85.7 Å². The second-order valence-corrected chi connectivity index (χ2v) is 13.7. The smallest absolute Gasteiger partial charge is 0.422 e. The summed E-state index contributed by atoms with van der Waals surface area (Å²) < 4.78 is 82.3. The van der Waals surface area contributed by atoms with Crippen molar-refractivity contribution in [1.29, 1.82) is 0 Å². The fraction of sp³-hybridized carbons (Fsp3) is 0.286. The highest BCUT2D eigenvalue weighted by Gasteiger charge is 2.34. The molecule has 1 amide bonds. The number of furan rings is 1. The number of aryl methyl sites for hydroxylation is 2. The van der Waals surface area contributed by atoms with Crippen LogP contribution in [0, 0.1) is 6.92 Å². The number of esters is 1. The van der Waals surface area contributed by atoms with Gasteiger partial charge in [0.05, 0.1) is 18.8 Å². The number of carbonyl (C=O) groups excluding carboxylic acids is 2. The predicted molar refractivity (Wildman–Crippen MR) is 181 cm³/mol. The first-order chi connectivity index (χ1) is 24.7. The Balaban J connectivity index is 1.15. The highest BCUT2D eigenvalue weighted by molar-refractivity contribution is 7.92. The Morgan fingerprint density at radius 1 is 0.981 bits per heavy atom. The highest BCUT2D eigenvalue weighted by atomic mass is 32.2. The molecule has 0 atom stereocenters. The van der Waals surface area contributed by atoms with E-state index in [1.165, 1.54) is 50.7 Å². The third-order valence-corrected chi connectivity index (χ3v) is 9.88. The van der Waals surface area contributed by atoms with E-state index in [4.69, 9.17) is 18.7 Å². The van der Waals surface area contributed by atoms with Gasteiger partial charge >= 0.3 is 22.2 Å². The van der Waals surface area contributed by atoms with E-state index in [0.29, 0.717) is 48.4 Å². The summed E-state index contributed by atoms with van der Waals surface area (Å²) in [6.45, 7) is 2.76. The minimum Gasteiger partial charge on any atom is -0.484 e. The Hall–Kier alpha value is -5.55. The average molecular weight is 742 g/mol. The lowest BCUT2D eigenvalue weighted by Crippen LogP contribution is -2.48. The van der Waals surface area contributed by atoms with Crippen molar-refractivity contribution in [2.45, 2.75) is 24.7 Å². The molecule has 274 valence electrons. The number of hydrogen-bond donors (Lipinski definition) is 0. The van der Waals surface area contributed by atoms with Gasteiger partial charge in [-0.2, -0.15) is 21.6 Å². The largest absolute Gasteiger partial charge is 0.484 e. The van der Waals surface area contributed by atoms with E-state index in [0.717, 1.165) is 17.0 Å². The number of hydrogen-bond acceptors (Lipinski definition) is 10. The molecule has 2 aromatic carbocycles. The minimum atomic E-state index is -4.53. The molecule has 1 saturated heterocycles. The zero-order valence-electron chi connectivity index (χ0n) is 28.3. The van der Waals surface area contributed by atoms with Crippen molar-refractivity contribution in [2.24, 2.45) is 7.05 Å². The van der Waals surface area contributed by atoms with Crippen LogP contribution in [0.2, 0.25) is 0 Å². The van der Waals surface area contributed by atoms with Crippen LogP contribution in [0.1, 0.15) is 32.2 Å². The maximum absolute atomic E-state index is 13.8. The van der Waals surface area contributed by atoms with Crippen molar-refractivity contribution in [3.05, 3.63) is 102 Å². The Kier molecular flexibility index (Phi) is 10.2.